The van der Waals surface area contributed by atoms with Crippen molar-refractivity contribution in [2.45, 2.75) is 33.1 Å². The third-order valence-corrected chi connectivity index (χ3v) is 3.88. The molecule has 0 heterocycles. The lowest BCUT2D eigenvalue weighted by Gasteiger charge is -2.17. The molecule has 1 aromatic rings. The third kappa shape index (κ3) is 3.69. The van der Waals surface area contributed by atoms with Crippen LogP contribution in [0.4, 0.5) is 4.39 Å². The van der Waals surface area contributed by atoms with E-state index in [9.17, 15) is 4.39 Å². The van der Waals surface area contributed by atoms with Crippen LogP contribution in [0.3, 0.4) is 0 Å². The van der Waals surface area contributed by atoms with Gasteiger partial charge in [-0.1, -0.05) is 31.5 Å². The van der Waals surface area contributed by atoms with Gasteiger partial charge < -0.3 is 5.32 Å². The van der Waals surface area contributed by atoms with Crippen molar-refractivity contribution >= 4 is 11.6 Å². The maximum atomic E-state index is 13.4. The third-order valence-electron chi connectivity index (χ3n) is 3.57. The summed E-state index contributed by atoms with van der Waals surface area (Å²) in [6, 6.07) is 5.17. The van der Waals surface area contributed by atoms with Gasteiger partial charge in [0.1, 0.15) is 5.82 Å². The molecule has 0 unspecified atom stereocenters. The summed E-state index contributed by atoms with van der Waals surface area (Å²) < 4.78 is 13.4. The molecule has 1 aliphatic carbocycles. The molecule has 0 bridgehead atoms. The van der Waals surface area contributed by atoms with Gasteiger partial charge in [0.05, 0.1) is 5.02 Å². The lowest BCUT2D eigenvalue weighted by molar-refractivity contribution is 0.431. The van der Waals surface area contributed by atoms with Crippen LogP contribution in [0.2, 0.25) is 5.02 Å². The van der Waals surface area contributed by atoms with Gasteiger partial charge in [0.25, 0.3) is 0 Å². The van der Waals surface area contributed by atoms with E-state index in [-0.39, 0.29) is 10.8 Å². The van der Waals surface area contributed by atoms with Crippen LogP contribution < -0.4 is 5.32 Å². The number of halogens is 2. The van der Waals surface area contributed by atoms with Crippen LogP contribution in [-0.4, -0.2) is 13.1 Å². The second-order valence-corrected chi connectivity index (χ2v) is 6.36. The monoisotopic (exact) mass is 269 g/mol. The second kappa shape index (κ2) is 5.58. The Morgan fingerprint density at radius 2 is 2.11 bits per heavy atom. The number of benzene rings is 1. The molecule has 1 aliphatic rings. The zero-order valence-corrected chi connectivity index (χ0v) is 11.9. The van der Waals surface area contributed by atoms with Crippen LogP contribution in [0.25, 0.3) is 0 Å². The molecule has 1 N–H and O–H groups in total. The first-order valence-corrected chi connectivity index (χ1v) is 7.03. The quantitative estimate of drug-likeness (QED) is 0.822. The average molecular weight is 270 g/mol. The maximum absolute atomic E-state index is 13.4. The molecule has 1 saturated carbocycles. The van der Waals surface area contributed by atoms with E-state index in [0.29, 0.717) is 11.3 Å². The fourth-order valence-electron chi connectivity index (χ4n) is 2.30. The Morgan fingerprint density at radius 1 is 1.39 bits per heavy atom. The normalized spacial score (nSPS) is 17.2. The lowest BCUT2D eigenvalue weighted by Crippen LogP contribution is -2.28. The van der Waals surface area contributed by atoms with Gasteiger partial charge in [0.2, 0.25) is 0 Å². The minimum Gasteiger partial charge on any atom is -0.316 e. The van der Waals surface area contributed by atoms with Gasteiger partial charge >= 0.3 is 0 Å². The van der Waals surface area contributed by atoms with Crippen molar-refractivity contribution in [1.29, 1.82) is 0 Å². The molecule has 0 saturated heterocycles. The Bertz CT molecular complexity index is 413. The van der Waals surface area contributed by atoms with E-state index >= 15 is 0 Å². The molecule has 0 amide bonds. The first-order valence-electron chi connectivity index (χ1n) is 6.65. The van der Waals surface area contributed by atoms with Crippen molar-refractivity contribution in [2.24, 2.45) is 11.3 Å². The highest BCUT2D eigenvalue weighted by Crippen LogP contribution is 2.47. The maximum Gasteiger partial charge on any atom is 0.142 e. The summed E-state index contributed by atoms with van der Waals surface area (Å²) in [6.07, 6.45) is 3.43. The predicted octanol–water partition coefficient (Wildman–Crippen LogP) is 4.05. The van der Waals surface area contributed by atoms with E-state index in [1.807, 2.05) is 6.07 Å². The van der Waals surface area contributed by atoms with Crippen molar-refractivity contribution in [3.63, 3.8) is 0 Å². The summed E-state index contributed by atoms with van der Waals surface area (Å²) in [5, 5.41) is 3.72. The molecule has 3 heteroatoms. The van der Waals surface area contributed by atoms with Gasteiger partial charge in [-0.3, -0.25) is 0 Å². The van der Waals surface area contributed by atoms with Gasteiger partial charge in [-0.15, -0.1) is 0 Å². The highest BCUT2D eigenvalue weighted by Gasteiger charge is 2.41. The predicted molar refractivity (Wildman–Crippen MR) is 74.5 cm³/mol. The van der Waals surface area contributed by atoms with E-state index in [0.717, 1.165) is 25.1 Å². The Morgan fingerprint density at radius 3 is 2.67 bits per heavy atom. The summed E-state index contributed by atoms with van der Waals surface area (Å²) >= 11 is 5.70. The van der Waals surface area contributed by atoms with E-state index in [2.05, 4.69) is 19.2 Å². The van der Waals surface area contributed by atoms with Crippen LogP contribution in [0.1, 0.15) is 32.3 Å². The Hall–Kier alpha value is -0.600. The van der Waals surface area contributed by atoms with Gasteiger partial charge in [-0.2, -0.15) is 0 Å². The molecule has 2 rings (SSSR count). The SMILES string of the molecule is CC(C)CNCC1(Cc2ccc(Cl)c(F)c2)CC1. The van der Waals surface area contributed by atoms with Crippen molar-refractivity contribution in [3.05, 3.63) is 34.6 Å². The Labute approximate surface area is 114 Å². The zero-order chi connectivity index (χ0) is 13.2. The van der Waals surface area contributed by atoms with Crippen LogP contribution in [0.5, 0.6) is 0 Å². The minimum atomic E-state index is -0.305. The van der Waals surface area contributed by atoms with E-state index in [1.54, 1.807) is 12.1 Å². The van der Waals surface area contributed by atoms with Crippen LogP contribution in [0, 0.1) is 17.2 Å². The number of hydrogen-bond acceptors (Lipinski definition) is 1. The van der Waals surface area contributed by atoms with E-state index < -0.39 is 0 Å². The highest BCUT2D eigenvalue weighted by molar-refractivity contribution is 6.30. The fraction of sp³-hybridized carbons (Fsp3) is 0.600. The van der Waals surface area contributed by atoms with E-state index in [4.69, 9.17) is 11.6 Å². The zero-order valence-electron chi connectivity index (χ0n) is 11.1. The molecule has 18 heavy (non-hydrogen) atoms. The van der Waals surface area contributed by atoms with Crippen molar-refractivity contribution < 1.29 is 4.39 Å². The molecule has 1 nitrogen and oxygen atoms in total. The topological polar surface area (TPSA) is 12.0 Å². The van der Waals surface area contributed by atoms with Gasteiger partial charge in [0, 0.05) is 6.54 Å². The van der Waals surface area contributed by atoms with E-state index in [1.165, 1.54) is 12.8 Å². The smallest absolute Gasteiger partial charge is 0.142 e. The fourth-order valence-corrected chi connectivity index (χ4v) is 2.42. The molecule has 1 aromatic carbocycles. The van der Waals surface area contributed by atoms with Crippen LogP contribution in [0.15, 0.2) is 18.2 Å². The highest BCUT2D eigenvalue weighted by atomic mass is 35.5. The number of nitrogens with one attached hydrogen (secondary N) is 1. The molecule has 0 aliphatic heterocycles. The second-order valence-electron chi connectivity index (χ2n) is 5.95. The Kier molecular flexibility index (Phi) is 4.29. The van der Waals surface area contributed by atoms with Crippen LogP contribution in [-0.2, 0) is 6.42 Å². The Balaban J connectivity index is 1.90. The summed E-state index contributed by atoms with van der Waals surface area (Å²) in [5.74, 6) is 0.369. The van der Waals surface area contributed by atoms with Crippen molar-refractivity contribution in [2.75, 3.05) is 13.1 Å². The molecule has 0 atom stereocenters. The summed E-state index contributed by atoms with van der Waals surface area (Å²) in [5.41, 5.74) is 1.41. The summed E-state index contributed by atoms with van der Waals surface area (Å²) in [6.45, 7) is 6.51. The van der Waals surface area contributed by atoms with Gasteiger partial charge in [0.15, 0.2) is 0 Å². The molecular formula is C15H21ClFN. The minimum absolute atomic E-state index is 0.210. The average Bonchev–Trinajstić information content (AvgIpc) is 3.03. The van der Waals surface area contributed by atoms with Crippen molar-refractivity contribution in [3.8, 4) is 0 Å². The standard InChI is InChI=1S/C15H21ClFN/c1-11(2)9-18-10-15(5-6-15)8-12-3-4-13(16)14(17)7-12/h3-4,7,11,18H,5-6,8-10H2,1-2H3. The van der Waals surface area contributed by atoms with Gasteiger partial charge in [-0.05, 0) is 54.8 Å². The number of hydrogen-bond donors (Lipinski definition) is 1. The molecule has 0 aromatic heterocycles. The van der Waals surface area contributed by atoms with Crippen LogP contribution >= 0.6 is 11.6 Å². The molecule has 0 radical (unpaired) electrons. The van der Waals surface area contributed by atoms with Gasteiger partial charge in [-0.25, -0.2) is 4.39 Å². The molecular weight excluding hydrogens is 249 g/mol. The molecule has 0 spiro atoms. The molecule has 100 valence electrons. The largest absolute Gasteiger partial charge is 0.316 e. The number of rotatable bonds is 6. The first-order chi connectivity index (χ1) is 8.51. The first kappa shape index (κ1) is 13.8. The lowest BCUT2D eigenvalue weighted by atomic mass is 9.96. The van der Waals surface area contributed by atoms with Crippen molar-refractivity contribution in [1.82, 2.24) is 5.32 Å². The summed E-state index contributed by atoms with van der Waals surface area (Å²) in [7, 11) is 0. The molecule has 1 fully saturated rings. The summed E-state index contributed by atoms with van der Waals surface area (Å²) in [4.78, 5) is 0.